The van der Waals surface area contributed by atoms with Gasteiger partial charge in [-0.3, -0.25) is 0 Å². The van der Waals surface area contributed by atoms with Crippen molar-refractivity contribution in [3.63, 3.8) is 0 Å². The Morgan fingerprint density at radius 3 is 2.76 bits per heavy atom. The minimum atomic E-state index is -3.19. The summed E-state index contributed by atoms with van der Waals surface area (Å²) in [5.74, 6) is -4.36. The summed E-state index contributed by atoms with van der Waals surface area (Å²) in [7, 11) is 0. The molecule has 1 aromatic rings. The van der Waals surface area contributed by atoms with Crippen LogP contribution in [0, 0.1) is 0 Å². The van der Waals surface area contributed by atoms with Crippen molar-refractivity contribution in [1.82, 2.24) is 10.3 Å². The lowest BCUT2D eigenvalue weighted by Crippen LogP contribution is -2.35. The molecule has 0 unspecified atom stereocenters. The summed E-state index contributed by atoms with van der Waals surface area (Å²) in [6, 6.07) is 4.32. The molecular formula is C10H12F2N2O3. The van der Waals surface area contributed by atoms with Crippen molar-refractivity contribution < 1.29 is 23.8 Å². The first-order valence-electron chi connectivity index (χ1n) is 4.83. The Balaban J connectivity index is 2.52. The maximum atomic E-state index is 12.6. The number of carboxylic acid groups (broad SMARTS) is 1. The molecule has 3 N–H and O–H groups in total. The molecule has 0 fully saturated rings. The third kappa shape index (κ3) is 4.41. The summed E-state index contributed by atoms with van der Waals surface area (Å²) < 4.78 is 25.3. The molecule has 17 heavy (non-hydrogen) atoms. The molecule has 7 heteroatoms. The lowest BCUT2D eigenvalue weighted by molar-refractivity contribution is -0.0478. The number of carbonyl (C=O) groups is 1. The van der Waals surface area contributed by atoms with Crippen LogP contribution in [0.25, 0.3) is 0 Å². The van der Waals surface area contributed by atoms with Crippen molar-refractivity contribution in [2.24, 2.45) is 0 Å². The summed E-state index contributed by atoms with van der Waals surface area (Å²) in [5, 5.41) is 19.4. The van der Waals surface area contributed by atoms with Gasteiger partial charge in [0.25, 0.3) is 5.92 Å². The van der Waals surface area contributed by atoms with E-state index in [1.54, 1.807) is 0 Å². The van der Waals surface area contributed by atoms with Gasteiger partial charge >= 0.3 is 5.97 Å². The molecular weight excluding hydrogens is 234 g/mol. The van der Waals surface area contributed by atoms with E-state index in [1.807, 2.05) is 0 Å². The molecule has 0 atom stereocenters. The first kappa shape index (κ1) is 13.5. The number of rotatable bonds is 6. The predicted molar refractivity (Wildman–Crippen MR) is 54.9 cm³/mol. The molecule has 0 bridgehead atoms. The fraction of sp³-hybridized carbons (Fsp3) is 0.400. The van der Waals surface area contributed by atoms with E-state index in [-0.39, 0.29) is 12.2 Å². The van der Waals surface area contributed by atoms with Crippen molar-refractivity contribution in [3.05, 3.63) is 29.6 Å². The van der Waals surface area contributed by atoms with E-state index in [0.717, 1.165) is 0 Å². The third-order valence-corrected chi connectivity index (χ3v) is 1.95. The van der Waals surface area contributed by atoms with E-state index in [2.05, 4.69) is 10.3 Å². The SMILES string of the molecule is O=C(O)c1cccc(CNCC(F)(F)CO)n1. The zero-order valence-electron chi connectivity index (χ0n) is 8.86. The monoisotopic (exact) mass is 246 g/mol. The number of carboxylic acids is 1. The van der Waals surface area contributed by atoms with Gasteiger partial charge < -0.3 is 15.5 Å². The Morgan fingerprint density at radius 2 is 2.18 bits per heavy atom. The van der Waals surface area contributed by atoms with Crippen LogP contribution in [-0.4, -0.2) is 40.2 Å². The normalized spacial score (nSPS) is 11.5. The largest absolute Gasteiger partial charge is 0.477 e. The second kappa shape index (κ2) is 5.65. The Labute approximate surface area is 96.1 Å². The highest BCUT2D eigenvalue weighted by molar-refractivity contribution is 5.85. The standard InChI is InChI=1S/C10H12F2N2O3/c11-10(12,6-15)5-13-4-7-2-1-3-8(14-7)9(16)17/h1-3,13,15H,4-6H2,(H,16,17). The number of aliphatic hydroxyl groups is 1. The van der Waals surface area contributed by atoms with Crippen LogP contribution in [0.2, 0.25) is 0 Å². The van der Waals surface area contributed by atoms with E-state index in [4.69, 9.17) is 10.2 Å². The molecule has 0 aliphatic rings. The molecule has 0 spiro atoms. The molecule has 0 aromatic carbocycles. The molecule has 0 saturated heterocycles. The van der Waals surface area contributed by atoms with Gasteiger partial charge in [0.2, 0.25) is 0 Å². The predicted octanol–water partition coefficient (Wildman–Crippen LogP) is 0.497. The van der Waals surface area contributed by atoms with Gasteiger partial charge in [0.1, 0.15) is 12.3 Å². The van der Waals surface area contributed by atoms with Crippen molar-refractivity contribution in [2.75, 3.05) is 13.2 Å². The van der Waals surface area contributed by atoms with Crippen LogP contribution in [0.3, 0.4) is 0 Å². The summed E-state index contributed by atoms with van der Waals surface area (Å²) in [6.07, 6.45) is 0. The summed E-state index contributed by atoms with van der Waals surface area (Å²) in [5.41, 5.74) is 0.205. The number of aromatic nitrogens is 1. The first-order chi connectivity index (χ1) is 7.94. The lowest BCUT2D eigenvalue weighted by Gasteiger charge is -2.13. The van der Waals surface area contributed by atoms with Gasteiger partial charge in [0, 0.05) is 6.54 Å². The van der Waals surface area contributed by atoms with Crippen LogP contribution in [0.1, 0.15) is 16.2 Å². The third-order valence-electron chi connectivity index (χ3n) is 1.95. The van der Waals surface area contributed by atoms with E-state index >= 15 is 0 Å². The maximum Gasteiger partial charge on any atom is 0.354 e. The quantitative estimate of drug-likeness (QED) is 0.680. The number of aromatic carboxylic acids is 1. The highest BCUT2D eigenvalue weighted by Gasteiger charge is 2.26. The van der Waals surface area contributed by atoms with Gasteiger partial charge in [0.05, 0.1) is 12.2 Å². The van der Waals surface area contributed by atoms with Crippen LogP contribution in [0.15, 0.2) is 18.2 Å². The Morgan fingerprint density at radius 1 is 1.47 bits per heavy atom. The van der Waals surface area contributed by atoms with Crippen molar-refractivity contribution in [2.45, 2.75) is 12.5 Å². The van der Waals surface area contributed by atoms with Crippen molar-refractivity contribution in [3.8, 4) is 0 Å². The van der Waals surface area contributed by atoms with Gasteiger partial charge in [-0.05, 0) is 12.1 Å². The summed E-state index contributed by atoms with van der Waals surface area (Å²) in [6.45, 7) is -1.91. The highest BCUT2D eigenvalue weighted by atomic mass is 19.3. The number of nitrogens with one attached hydrogen (secondary N) is 1. The van der Waals surface area contributed by atoms with Crippen LogP contribution in [0.5, 0.6) is 0 Å². The second-order valence-corrected chi connectivity index (χ2v) is 3.44. The minimum Gasteiger partial charge on any atom is -0.477 e. The average molecular weight is 246 g/mol. The van der Waals surface area contributed by atoms with Crippen molar-refractivity contribution >= 4 is 5.97 Å². The minimum absolute atomic E-state index is 0.0106. The number of alkyl halides is 2. The highest BCUT2D eigenvalue weighted by Crippen LogP contribution is 2.10. The molecule has 5 nitrogen and oxygen atoms in total. The van der Waals surface area contributed by atoms with Crippen LogP contribution in [0.4, 0.5) is 8.78 Å². The maximum absolute atomic E-state index is 12.6. The molecule has 0 aliphatic carbocycles. The van der Waals surface area contributed by atoms with Crippen LogP contribution >= 0.6 is 0 Å². The fourth-order valence-electron chi connectivity index (χ4n) is 1.13. The lowest BCUT2D eigenvalue weighted by atomic mass is 10.3. The van der Waals surface area contributed by atoms with E-state index in [9.17, 15) is 13.6 Å². The molecule has 0 amide bonds. The van der Waals surface area contributed by atoms with Gasteiger partial charge in [-0.15, -0.1) is 0 Å². The van der Waals surface area contributed by atoms with E-state index < -0.39 is 25.0 Å². The summed E-state index contributed by atoms with van der Waals surface area (Å²) in [4.78, 5) is 14.3. The molecule has 1 rings (SSSR count). The van der Waals surface area contributed by atoms with Gasteiger partial charge in [-0.1, -0.05) is 6.07 Å². The number of hydrogen-bond donors (Lipinski definition) is 3. The number of pyridine rings is 1. The Bertz CT molecular complexity index is 399. The molecule has 0 radical (unpaired) electrons. The first-order valence-corrected chi connectivity index (χ1v) is 4.83. The summed E-state index contributed by atoms with van der Waals surface area (Å²) >= 11 is 0. The van der Waals surface area contributed by atoms with Gasteiger partial charge in [0.15, 0.2) is 0 Å². The van der Waals surface area contributed by atoms with Crippen molar-refractivity contribution in [1.29, 1.82) is 0 Å². The molecule has 94 valence electrons. The van der Waals surface area contributed by atoms with Crippen LogP contribution < -0.4 is 5.32 Å². The molecule has 0 saturated carbocycles. The van der Waals surface area contributed by atoms with E-state index in [1.165, 1.54) is 18.2 Å². The van der Waals surface area contributed by atoms with E-state index in [0.29, 0.717) is 5.69 Å². The number of aliphatic hydroxyl groups excluding tert-OH is 1. The zero-order valence-corrected chi connectivity index (χ0v) is 8.86. The average Bonchev–Trinajstić information content (AvgIpc) is 2.29. The number of hydrogen-bond acceptors (Lipinski definition) is 4. The van der Waals surface area contributed by atoms with Gasteiger partial charge in [-0.25, -0.2) is 18.6 Å². The smallest absolute Gasteiger partial charge is 0.354 e. The van der Waals surface area contributed by atoms with Gasteiger partial charge in [-0.2, -0.15) is 0 Å². The van der Waals surface area contributed by atoms with Crippen LogP contribution in [-0.2, 0) is 6.54 Å². The molecule has 0 aliphatic heterocycles. The Hall–Kier alpha value is -1.60. The Kier molecular flexibility index (Phi) is 4.47. The molecule has 1 aromatic heterocycles. The number of nitrogens with zero attached hydrogens (tertiary/aromatic N) is 1. The fourth-order valence-corrected chi connectivity index (χ4v) is 1.13. The second-order valence-electron chi connectivity index (χ2n) is 3.44. The number of halogens is 2. The zero-order chi connectivity index (χ0) is 12.9. The topological polar surface area (TPSA) is 82.5 Å². The molecule has 1 heterocycles.